The monoisotopic (exact) mass is 472 g/mol. The molecule has 1 saturated heterocycles. The Kier molecular flexibility index (Phi) is 6.53. The van der Waals surface area contributed by atoms with E-state index >= 15 is 0 Å². The molecule has 10 heteroatoms. The molecule has 3 aromatic heterocycles. The summed E-state index contributed by atoms with van der Waals surface area (Å²) >= 11 is 0. The van der Waals surface area contributed by atoms with Crippen molar-refractivity contribution in [1.82, 2.24) is 39.9 Å². The Morgan fingerprint density at radius 1 is 1.06 bits per heavy atom. The molecule has 1 aromatic carbocycles. The van der Waals surface area contributed by atoms with Gasteiger partial charge in [0.25, 0.3) is 5.91 Å². The number of aromatic nitrogens is 6. The highest BCUT2D eigenvalue weighted by Crippen LogP contribution is 2.19. The van der Waals surface area contributed by atoms with Gasteiger partial charge in [-0.05, 0) is 43.2 Å². The number of amides is 1. The lowest BCUT2D eigenvalue weighted by Crippen LogP contribution is -2.44. The highest BCUT2D eigenvalue weighted by molar-refractivity contribution is 5.94. The fourth-order valence-electron chi connectivity index (χ4n) is 4.11. The maximum Gasteiger partial charge on any atom is 0.253 e. The van der Waals surface area contributed by atoms with Crippen molar-refractivity contribution in [3.8, 4) is 22.9 Å². The second-order valence-electron chi connectivity index (χ2n) is 8.51. The van der Waals surface area contributed by atoms with Gasteiger partial charge in [0.2, 0.25) is 5.82 Å². The Hall–Kier alpha value is -4.05. The average molecular weight is 473 g/mol. The lowest BCUT2D eigenvalue weighted by atomic mass is 10.0. The number of carbonyl (C=O) groups excluding carboxylic acids is 1. The van der Waals surface area contributed by atoms with Crippen molar-refractivity contribution in [3.05, 3.63) is 78.3 Å². The van der Waals surface area contributed by atoms with Crippen molar-refractivity contribution in [2.45, 2.75) is 25.4 Å². The summed E-state index contributed by atoms with van der Waals surface area (Å²) in [5, 5.41) is 7.55. The third kappa shape index (κ3) is 5.38. The van der Waals surface area contributed by atoms with Gasteiger partial charge in [-0.1, -0.05) is 12.1 Å². The van der Waals surface area contributed by atoms with Crippen molar-refractivity contribution in [1.29, 1.82) is 0 Å². The number of benzene rings is 1. The zero-order chi connectivity index (χ0) is 24.2. The molecule has 0 radical (unpaired) electrons. The van der Waals surface area contributed by atoms with Crippen LogP contribution >= 0.6 is 0 Å². The van der Waals surface area contributed by atoms with Crippen LogP contribution in [-0.2, 0) is 13.6 Å². The van der Waals surface area contributed by atoms with Crippen molar-refractivity contribution >= 4 is 5.91 Å². The molecule has 5 rings (SSSR count). The van der Waals surface area contributed by atoms with Gasteiger partial charge >= 0.3 is 0 Å². The Balaban J connectivity index is 1.13. The minimum atomic E-state index is -0.317. The first-order valence-corrected chi connectivity index (χ1v) is 11.5. The number of rotatable bonds is 6. The Morgan fingerprint density at radius 3 is 2.57 bits per heavy atom. The van der Waals surface area contributed by atoms with Gasteiger partial charge in [0.15, 0.2) is 5.82 Å². The van der Waals surface area contributed by atoms with Crippen molar-refractivity contribution < 1.29 is 9.18 Å². The van der Waals surface area contributed by atoms with Gasteiger partial charge in [-0.3, -0.25) is 19.4 Å². The molecular weight excluding hydrogens is 447 g/mol. The van der Waals surface area contributed by atoms with E-state index in [4.69, 9.17) is 0 Å². The van der Waals surface area contributed by atoms with E-state index in [2.05, 4.69) is 35.3 Å². The van der Waals surface area contributed by atoms with Crippen LogP contribution < -0.4 is 5.32 Å². The van der Waals surface area contributed by atoms with Gasteiger partial charge in [-0.2, -0.15) is 0 Å². The molecule has 1 fully saturated rings. The summed E-state index contributed by atoms with van der Waals surface area (Å²) in [6.07, 6.45) is 6.56. The SMILES string of the molecule is Cn1nc(-c2ncccn2)nc1CN1CCC(NC(=O)c2ccc(-c3cccc(F)c3)nc2)CC1. The molecule has 0 saturated carbocycles. The van der Waals surface area contributed by atoms with E-state index in [1.807, 2.05) is 7.05 Å². The van der Waals surface area contributed by atoms with Gasteiger partial charge < -0.3 is 5.32 Å². The van der Waals surface area contributed by atoms with Gasteiger partial charge in [0.1, 0.15) is 11.6 Å². The van der Waals surface area contributed by atoms with Crippen molar-refractivity contribution in [3.63, 3.8) is 0 Å². The third-order valence-corrected chi connectivity index (χ3v) is 6.05. The van der Waals surface area contributed by atoms with Gasteiger partial charge in [0, 0.05) is 50.3 Å². The fraction of sp³-hybridized carbons (Fsp3) is 0.280. The van der Waals surface area contributed by atoms with Crippen LogP contribution in [0.25, 0.3) is 22.9 Å². The zero-order valence-electron chi connectivity index (χ0n) is 19.3. The van der Waals surface area contributed by atoms with Gasteiger partial charge in [-0.25, -0.2) is 19.3 Å². The molecule has 4 heterocycles. The Bertz CT molecular complexity index is 1300. The fourth-order valence-corrected chi connectivity index (χ4v) is 4.11. The minimum absolute atomic E-state index is 0.0921. The summed E-state index contributed by atoms with van der Waals surface area (Å²) in [4.78, 5) is 32.4. The number of halogens is 1. The lowest BCUT2D eigenvalue weighted by Gasteiger charge is -2.31. The average Bonchev–Trinajstić information content (AvgIpc) is 3.26. The van der Waals surface area contributed by atoms with Crippen LogP contribution in [0.1, 0.15) is 29.0 Å². The van der Waals surface area contributed by atoms with Crippen LogP contribution in [-0.4, -0.2) is 59.7 Å². The number of hydrogen-bond donors (Lipinski definition) is 1. The zero-order valence-corrected chi connectivity index (χ0v) is 19.3. The van der Waals surface area contributed by atoms with E-state index < -0.39 is 0 Å². The largest absolute Gasteiger partial charge is 0.349 e. The molecule has 4 aromatic rings. The number of hydrogen-bond acceptors (Lipinski definition) is 7. The van der Waals surface area contributed by atoms with E-state index in [1.54, 1.807) is 47.4 Å². The molecule has 1 N–H and O–H groups in total. The van der Waals surface area contributed by atoms with Crippen LogP contribution in [0.3, 0.4) is 0 Å². The standard InChI is InChI=1S/C25H25FN8O/c1-33-22(31-24(32-33)23-27-10-3-11-28-23)16-34-12-8-20(9-13-34)30-25(35)18-6-7-21(29-15-18)17-4-2-5-19(26)14-17/h2-7,10-11,14-15,20H,8-9,12-13,16H2,1H3,(H,30,35). The van der Waals surface area contributed by atoms with E-state index in [-0.39, 0.29) is 17.8 Å². The lowest BCUT2D eigenvalue weighted by molar-refractivity contribution is 0.0907. The predicted octanol–water partition coefficient (Wildman–Crippen LogP) is 2.87. The van der Waals surface area contributed by atoms with Crippen LogP contribution in [0.15, 0.2) is 61.1 Å². The molecule has 1 aliphatic rings. The maximum atomic E-state index is 13.5. The molecule has 0 aliphatic carbocycles. The maximum absolute atomic E-state index is 13.5. The van der Waals surface area contributed by atoms with E-state index in [0.717, 1.165) is 31.8 Å². The first-order chi connectivity index (χ1) is 17.0. The Labute approximate surface area is 202 Å². The molecule has 35 heavy (non-hydrogen) atoms. The van der Waals surface area contributed by atoms with Gasteiger partial charge in [-0.15, -0.1) is 5.10 Å². The molecule has 0 bridgehead atoms. The summed E-state index contributed by atoms with van der Waals surface area (Å²) in [5.41, 5.74) is 1.79. The Morgan fingerprint density at radius 2 is 1.86 bits per heavy atom. The van der Waals surface area contributed by atoms with Crippen LogP contribution in [0.5, 0.6) is 0 Å². The number of nitrogens with one attached hydrogen (secondary N) is 1. The molecule has 0 spiro atoms. The second kappa shape index (κ2) is 10.1. The molecule has 1 amide bonds. The highest BCUT2D eigenvalue weighted by atomic mass is 19.1. The molecule has 1 aliphatic heterocycles. The summed E-state index contributed by atoms with van der Waals surface area (Å²) in [6, 6.07) is 11.6. The van der Waals surface area contributed by atoms with Gasteiger partial charge in [0.05, 0.1) is 17.8 Å². The van der Waals surface area contributed by atoms with Crippen LogP contribution in [0.4, 0.5) is 4.39 Å². The normalized spacial score (nSPS) is 14.7. The first kappa shape index (κ1) is 22.7. The third-order valence-electron chi connectivity index (χ3n) is 6.05. The van der Waals surface area contributed by atoms with Crippen LogP contribution in [0, 0.1) is 5.82 Å². The highest BCUT2D eigenvalue weighted by Gasteiger charge is 2.23. The quantitative estimate of drug-likeness (QED) is 0.460. The molecule has 0 atom stereocenters. The number of aryl methyl sites for hydroxylation is 1. The number of pyridine rings is 1. The summed E-state index contributed by atoms with van der Waals surface area (Å²) in [5.74, 6) is 1.40. The summed E-state index contributed by atoms with van der Waals surface area (Å²) in [6.45, 7) is 2.35. The topological polar surface area (TPSA) is 102 Å². The molecule has 0 unspecified atom stereocenters. The van der Waals surface area contributed by atoms with E-state index in [9.17, 15) is 9.18 Å². The number of carbonyl (C=O) groups is 1. The number of piperidine rings is 1. The van der Waals surface area contributed by atoms with E-state index in [1.165, 1.54) is 18.3 Å². The summed E-state index contributed by atoms with van der Waals surface area (Å²) in [7, 11) is 1.87. The predicted molar refractivity (Wildman–Crippen MR) is 127 cm³/mol. The molecule has 9 nitrogen and oxygen atoms in total. The second-order valence-corrected chi connectivity index (χ2v) is 8.51. The molecular formula is C25H25FN8O. The molecule has 178 valence electrons. The summed E-state index contributed by atoms with van der Waals surface area (Å²) < 4.78 is 15.2. The van der Waals surface area contributed by atoms with Crippen molar-refractivity contribution in [2.75, 3.05) is 13.1 Å². The smallest absolute Gasteiger partial charge is 0.253 e. The number of likely N-dealkylation sites (tertiary alicyclic amines) is 1. The van der Waals surface area contributed by atoms with Crippen molar-refractivity contribution in [2.24, 2.45) is 7.05 Å². The van der Waals surface area contributed by atoms with E-state index in [0.29, 0.717) is 35.0 Å². The van der Waals surface area contributed by atoms with Crippen LogP contribution in [0.2, 0.25) is 0 Å². The number of nitrogens with zero attached hydrogens (tertiary/aromatic N) is 7. The minimum Gasteiger partial charge on any atom is -0.349 e. The first-order valence-electron chi connectivity index (χ1n) is 11.5.